The van der Waals surface area contributed by atoms with Crippen LogP contribution >= 0.6 is 11.8 Å². The van der Waals surface area contributed by atoms with Gasteiger partial charge < -0.3 is 10.4 Å². The minimum absolute atomic E-state index is 0.0556. The molecule has 0 aromatic carbocycles. The highest BCUT2D eigenvalue weighted by Gasteiger charge is 2.40. The molecule has 2 rings (SSSR count). The van der Waals surface area contributed by atoms with E-state index >= 15 is 0 Å². The molecule has 1 saturated carbocycles. The standard InChI is InChI=1S/C10H19NOS/c1-11-7-6-13-9-5-3-2-4-8(12)10(7)9/h7-12H,2-6H2,1H3/t7-,8+,9-,10+/m1/s1. The predicted octanol–water partition coefficient (Wildman–Crippen LogP) is 1.24. The van der Waals surface area contributed by atoms with Gasteiger partial charge in [-0.15, -0.1) is 0 Å². The lowest BCUT2D eigenvalue weighted by atomic mass is 9.90. The minimum atomic E-state index is -0.0556. The van der Waals surface area contributed by atoms with Gasteiger partial charge in [-0.05, 0) is 19.9 Å². The van der Waals surface area contributed by atoms with Gasteiger partial charge in [0.05, 0.1) is 6.10 Å². The van der Waals surface area contributed by atoms with Crippen molar-refractivity contribution in [1.82, 2.24) is 5.32 Å². The van der Waals surface area contributed by atoms with Gasteiger partial charge in [0.15, 0.2) is 0 Å². The van der Waals surface area contributed by atoms with E-state index in [1.807, 2.05) is 7.05 Å². The summed E-state index contributed by atoms with van der Waals surface area (Å²) in [6.07, 6.45) is 4.79. The van der Waals surface area contributed by atoms with Gasteiger partial charge >= 0.3 is 0 Å². The molecule has 1 aliphatic carbocycles. The van der Waals surface area contributed by atoms with Gasteiger partial charge in [-0.25, -0.2) is 0 Å². The average molecular weight is 201 g/mol. The number of rotatable bonds is 1. The van der Waals surface area contributed by atoms with Crippen LogP contribution in [0.25, 0.3) is 0 Å². The van der Waals surface area contributed by atoms with Gasteiger partial charge in [0.2, 0.25) is 0 Å². The smallest absolute Gasteiger partial charge is 0.0594 e. The molecule has 3 heteroatoms. The van der Waals surface area contributed by atoms with Crippen molar-refractivity contribution < 1.29 is 5.11 Å². The number of hydrogen-bond donors (Lipinski definition) is 2. The molecule has 76 valence electrons. The Labute approximate surface area is 84.5 Å². The lowest BCUT2D eigenvalue weighted by Crippen LogP contribution is -2.41. The second-order valence-corrected chi connectivity index (χ2v) is 5.47. The summed E-state index contributed by atoms with van der Waals surface area (Å²) in [4.78, 5) is 0. The van der Waals surface area contributed by atoms with Crippen LogP contribution in [-0.4, -0.2) is 35.3 Å². The fraction of sp³-hybridized carbons (Fsp3) is 1.00. The molecule has 1 heterocycles. The minimum Gasteiger partial charge on any atom is -0.393 e. The third kappa shape index (κ3) is 1.88. The van der Waals surface area contributed by atoms with Gasteiger partial charge in [0.1, 0.15) is 0 Å². The first kappa shape index (κ1) is 9.81. The predicted molar refractivity (Wildman–Crippen MR) is 57.1 cm³/mol. The highest BCUT2D eigenvalue weighted by molar-refractivity contribution is 8.00. The summed E-state index contributed by atoms with van der Waals surface area (Å²) in [7, 11) is 2.02. The highest BCUT2D eigenvalue weighted by atomic mass is 32.2. The molecule has 1 aliphatic heterocycles. The average Bonchev–Trinajstić information content (AvgIpc) is 2.47. The number of fused-ring (bicyclic) bond motifs is 1. The van der Waals surface area contributed by atoms with Crippen LogP contribution in [-0.2, 0) is 0 Å². The molecule has 2 N–H and O–H groups in total. The van der Waals surface area contributed by atoms with Gasteiger partial charge in [0, 0.05) is 23.0 Å². The summed E-state index contributed by atoms with van der Waals surface area (Å²) in [6.45, 7) is 0. The van der Waals surface area contributed by atoms with Crippen LogP contribution in [0.3, 0.4) is 0 Å². The first-order valence-electron chi connectivity index (χ1n) is 5.30. The van der Waals surface area contributed by atoms with E-state index in [9.17, 15) is 5.11 Å². The Kier molecular flexibility index (Phi) is 3.17. The molecule has 0 unspecified atom stereocenters. The Morgan fingerprint density at radius 1 is 1.31 bits per heavy atom. The molecule has 0 radical (unpaired) electrons. The Morgan fingerprint density at radius 2 is 2.08 bits per heavy atom. The van der Waals surface area contributed by atoms with Crippen LogP contribution in [0.5, 0.6) is 0 Å². The third-order valence-electron chi connectivity index (χ3n) is 3.44. The molecule has 4 atom stereocenters. The Morgan fingerprint density at radius 3 is 2.85 bits per heavy atom. The Hall–Kier alpha value is 0.270. The molecule has 2 aliphatic rings. The summed E-state index contributed by atoms with van der Waals surface area (Å²) in [5.74, 6) is 1.69. The van der Waals surface area contributed by atoms with Crippen LogP contribution in [0.15, 0.2) is 0 Å². The van der Waals surface area contributed by atoms with E-state index in [2.05, 4.69) is 17.1 Å². The van der Waals surface area contributed by atoms with Crippen molar-refractivity contribution in [2.45, 2.75) is 43.1 Å². The van der Waals surface area contributed by atoms with E-state index in [1.54, 1.807) is 0 Å². The van der Waals surface area contributed by atoms with Crippen molar-refractivity contribution >= 4 is 11.8 Å². The number of thioether (sulfide) groups is 1. The molecule has 1 saturated heterocycles. The van der Waals surface area contributed by atoms with Crippen molar-refractivity contribution in [2.75, 3.05) is 12.8 Å². The molecular weight excluding hydrogens is 182 g/mol. The molecule has 0 aromatic rings. The largest absolute Gasteiger partial charge is 0.393 e. The monoisotopic (exact) mass is 201 g/mol. The summed E-state index contributed by atoms with van der Waals surface area (Å²) < 4.78 is 0. The van der Waals surface area contributed by atoms with Crippen LogP contribution in [0.2, 0.25) is 0 Å². The molecule has 2 fully saturated rings. The molecule has 13 heavy (non-hydrogen) atoms. The molecule has 0 aromatic heterocycles. The maximum absolute atomic E-state index is 10.0. The van der Waals surface area contributed by atoms with E-state index in [-0.39, 0.29) is 6.10 Å². The van der Waals surface area contributed by atoms with Gasteiger partial charge in [-0.1, -0.05) is 12.8 Å². The van der Waals surface area contributed by atoms with Crippen molar-refractivity contribution in [3.8, 4) is 0 Å². The summed E-state index contributed by atoms with van der Waals surface area (Å²) in [5.41, 5.74) is 0. The van der Waals surface area contributed by atoms with E-state index < -0.39 is 0 Å². The maximum atomic E-state index is 10.0. The fourth-order valence-corrected chi connectivity index (χ4v) is 4.44. The van der Waals surface area contributed by atoms with Gasteiger partial charge in [0.25, 0.3) is 0 Å². The van der Waals surface area contributed by atoms with Crippen molar-refractivity contribution in [3.63, 3.8) is 0 Å². The summed E-state index contributed by atoms with van der Waals surface area (Å²) in [5, 5.41) is 14.1. The van der Waals surface area contributed by atoms with Crippen LogP contribution < -0.4 is 5.32 Å². The van der Waals surface area contributed by atoms with Crippen molar-refractivity contribution in [1.29, 1.82) is 0 Å². The van der Waals surface area contributed by atoms with Crippen molar-refractivity contribution in [3.05, 3.63) is 0 Å². The van der Waals surface area contributed by atoms with E-state index in [0.717, 1.165) is 11.7 Å². The number of aliphatic hydroxyl groups excluding tert-OH is 1. The molecular formula is C10H19NOS. The first-order valence-corrected chi connectivity index (χ1v) is 6.34. The van der Waals surface area contributed by atoms with Gasteiger partial charge in [-0.3, -0.25) is 0 Å². The van der Waals surface area contributed by atoms with Crippen LogP contribution in [0.1, 0.15) is 25.7 Å². The Bertz CT molecular complexity index is 176. The Balaban J connectivity index is 2.08. The van der Waals surface area contributed by atoms with E-state index in [1.165, 1.54) is 25.0 Å². The fourth-order valence-electron chi connectivity index (χ4n) is 2.67. The highest BCUT2D eigenvalue weighted by Crippen LogP contribution is 2.40. The zero-order valence-electron chi connectivity index (χ0n) is 8.20. The second kappa shape index (κ2) is 4.20. The number of hydrogen-bond acceptors (Lipinski definition) is 3. The maximum Gasteiger partial charge on any atom is 0.0594 e. The van der Waals surface area contributed by atoms with E-state index in [0.29, 0.717) is 12.0 Å². The zero-order chi connectivity index (χ0) is 9.26. The summed E-state index contributed by atoms with van der Waals surface area (Å²) in [6, 6.07) is 0.545. The molecule has 0 amide bonds. The molecule has 0 bridgehead atoms. The zero-order valence-corrected chi connectivity index (χ0v) is 9.02. The van der Waals surface area contributed by atoms with Gasteiger partial charge in [-0.2, -0.15) is 11.8 Å². The second-order valence-electron chi connectivity index (χ2n) is 4.20. The SMILES string of the molecule is CN[C@@H]1CS[C@@H]2CCCC[C@H](O)[C@H]12. The van der Waals surface area contributed by atoms with Crippen LogP contribution in [0.4, 0.5) is 0 Å². The molecule has 2 nitrogen and oxygen atoms in total. The topological polar surface area (TPSA) is 32.3 Å². The van der Waals surface area contributed by atoms with Crippen molar-refractivity contribution in [2.24, 2.45) is 5.92 Å². The number of aliphatic hydroxyl groups is 1. The lowest BCUT2D eigenvalue weighted by molar-refractivity contribution is 0.0912. The van der Waals surface area contributed by atoms with E-state index in [4.69, 9.17) is 0 Å². The normalized spacial score (nSPS) is 45.7. The first-order chi connectivity index (χ1) is 6.33. The summed E-state index contributed by atoms with van der Waals surface area (Å²) >= 11 is 2.05. The molecule has 0 spiro atoms. The van der Waals surface area contributed by atoms with Crippen LogP contribution in [0, 0.1) is 5.92 Å². The number of nitrogens with one attached hydrogen (secondary N) is 1. The third-order valence-corrected chi connectivity index (χ3v) is 4.97. The lowest BCUT2D eigenvalue weighted by Gasteiger charge is -2.25. The quantitative estimate of drug-likeness (QED) is 0.669.